The lowest BCUT2D eigenvalue weighted by Crippen LogP contribution is -2.52. The molecule has 2 rings (SSSR count). The molecule has 2 N–H and O–H groups in total. The number of benzene rings is 1. The SMILES string of the molecule is C[C@@H]1CNCCN1CC(=O)Nc1ccc(F)cc1F. The van der Waals surface area contributed by atoms with Crippen molar-refractivity contribution < 1.29 is 13.6 Å². The predicted molar refractivity (Wildman–Crippen MR) is 68.9 cm³/mol. The van der Waals surface area contributed by atoms with Crippen LogP contribution in [-0.2, 0) is 4.79 Å². The van der Waals surface area contributed by atoms with Crippen molar-refractivity contribution in [3.63, 3.8) is 0 Å². The molecule has 1 heterocycles. The van der Waals surface area contributed by atoms with Gasteiger partial charge in [-0.05, 0) is 19.1 Å². The van der Waals surface area contributed by atoms with E-state index in [1.165, 1.54) is 6.07 Å². The zero-order valence-electron chi connectivity index (χ0n) is 10.7. The maximum Gasteiger partial charge on any atom is 0.238 e. The van der Waals surface area contributed by atoms with E-state index in [9.17, 15) is 13.6 Å². The van der Waals surface area contributed by atoms with E-state index in [1.807, 2.05) is 11.8 Å². The molecule has 0 unspecified atom stereocenters. The summed E-state index contributed by atoms with van der Waals surface area (Å²) in [7, 11) is 0. The lowest BCUT2D eigenvalue weighted by molar-refractivity contribution is -0.118. The number of carbonyl (C=O) groups excluding carboxylic acids is 1. The van der Waals surface area contributed by atoms with Crippen LogP contribution in [0, 0.1) is 11.6 Å². The van der Waals surface area contributed by atoms with Gasteiger partial charge in [0.1, 0.15) is 11.6 Å². The molecule has 1 atom stereocenters. The summed E-state index contributed by atoms with van der Waals surface area (Å²) in [6, 6.07) is 3.36. The number of nitrogens with one attached hydrogen (secondary N) is 2. The summed E-state index contributed by atoms with van der Waals surface area (Å²) >= 11 is 0. The number of carbonyl (C=O) groups is 1. The summed E-state index contributed by atoms with van der Waals surface area (Å²) in [6.07, 6.45) is 0. The maximum absolute atomic E-state index is 13.4. The van der Waals surface area contributed by atoms with Crippen LogP contribution in [0.3, 0.4) is 0 Å². The summed E-state index contributed by atoms with van der Waals surface area (Å²) in [5.74, 6) is -1.72. The highest BCUT2D eigenvalue weighted by molar-refractivity contribution is 5.92. The molecule has 1 saturated heterocycles. The number of rotatable bonds is 3. The first-order valence-corrected chi connectivity index (χ1v) is 6.26. The molecule has 6 heteroatoms. The zero-order chi connectivity index (χ0) is 13.8. The predicted octanol–water partition coefficient (Wildman–Crippen LogP) is 1.20. The van der Waals surface area contributed by atoms with Crippen molar-refractivity contribution in [1.82, 2.24) is 10.2 Å². The van der Waals surface area contributed by atoms with E-state index in [0.29, 0.717) is 0 Å². The van der Waals surface area contributed by atoms with Gasteiger partial charge in [0, 0.05) is 31.7 Å². The molecule has 0 aliphatic carbocycles. The fourth-order valence-corrected chi connectivity index (χ4v) is 2.08. The fraction of sp³-hybridized carbons (Fsp3) is 0.462. The van der Waals surface area contributed by atoms with E-state index in [-0.39, 0.29) is 24.2 Å². The fourth-order valence-electron chi connectivity index (χ4n) is 2.08. The maximum atomic E-state index is 13.4. The van der Waals surface area contributed by atoms with Gasteiger partial charge >= 0.3 is 0 Å². The van der Waals surface area contributed by atoms with Gasteiger partial charge in [0.25, 0.3) is 0 Å². The van der Waals surface area contributed by atoms with Gasteiger partial charge < -0.3 is 10.6 Å². The lowest BCUT2D eigenvalue weighted by atomic mass is 10.2. The minimum atomic E-state index is -0.762. The quantitative estimate of drug-likeness (QED) is 0.866. The Morgan fingerprint density at radius 1 is 1.53 bits per heavy atom. The van der Waals surface area contributed by atoms with Crippen molar-refractivity contribution in [1.29, 1.82) is 0 Å². The highest BCUT2D eigenvalue weighted by Crippen LogP contribution is 2.15. The average molecular weight is 269 g/mol. The molecule has 0 saturated carbocycles. The number of hydrogen-bond donors (Lipinski definition) is 2. The summed E-state index contributed by atoms with van der Waals surface area (Å²) < 4.78 is 26.1. The van der Waals surface area contributed by atoms with Crippen LogP contribution in [-0.4, -0.2) is 43.0 Å². The molecule has 0 radical (unpaired) electrons. The molecule has 0 aromatic heterocycles. The van der Waals surface area contributed by atoms with Crippen molar-refractivity contribution in [3.05, 3.63) is 29.8 Å². The molecule has 1 amide bonds. The minimum absolute atomic E-state index is 0.00851. The Kier molecular flexibility index (Phi) is 4.44. The molecule has 1 fully saturated rings. The van der Waals surface area contributed by atoms with Crippen LogP contribution in [0.4, 0.5) is 14.5 Å². The molecule has 0 bridgehead atoms. The molecular weight excluding hydrogens is 252 g/mol. The smallest absolute Gasteiger partial charge is 0.238 e. The first-order chi connectivity index (χ1) is 9.06. The van der Waals surface area contributed by atoms with Crippen molar-refractivity contribution in [2.24, 2.45) is 0 Å². The second kappa shape index (κ2) is 6.08. The lowest BCUT2D eigenvalue weighted by Gasteiger charge is -2.33. The molecule has 1 aromatic carbocycles. The van der Waals surface area contributed by atoms with E-state index in [1.54, 1.807) is 0 Å². The largest absolute Gasteiger partial charge is 0.322 e. The van der Waals surface area contributed by atoms with Crippen molar-refractivity contribution in [3.8, 4) is 0 Å². The molecule has 104 valence electrons. The van der Waals surface area contributed by atoms with E-state index in [2.05, 4.69) is 10.6 Å². The topological polar surface area (TPSA) is 44.4 Å². The van der Waals surface area contributed by atoms with Crippen LogP contribution in [0.5, 0.6) is 0 Å². The minimum Gasteiger partial charge on any atom is -0.322 e. The van der Waals surface area contributed by atoms with Gasteiger partial charge in [0.15, 0.2) is 0 Å². The normalized spacial score (nSPS) is 20.3. The second-order valence-corrected chi connectivity index (χ2v) is 4.70. The highest BCUT2D eigenvalue weighted by atomic mass is 19.1. The van der Waals surface area contributed by atoms with Crippen LogP contribution < -0.4 is 10.6 Å². The van der Waals surface area contributed by atoms with E-state index in [4.69, 9.17) is 0 Å². The number of nitrogens with zero attached hydrogens (tertiary/aromatic N) is 1. The van der Waals surface area contributed by atoms with Gasteiger partial charge in [-0.3, -0.25) is 9.69 Å². The first kappa shape index (κ1) is 13.9. The Morgan fingerprint density at radius 3 is 3.00 bits per heavy atom. The number of halogens is 2. The third kappa shape index (κ3) is 3.71. The van der Waals surface area contributed by atoms with Gasteiger partial charge in [-0.15, -0.1) is 0 Å². The number of hydrogen-bond acceptors (Lipinski definition) is 3. The monoisotopic (exact) mass is 269 g/mol. The van der Waals surface area contributed by atoms with Crippen molar-refractivity contribution >= 4 is 11.6 Å². The van der Waals surface area contributed by atoms with E-state index >= 15 is 0 Å². The Balaban J connectivity index is 1.93. The van der Waals surface area contributed by atoms with Gasteiger partial charge in [0.2, 0.25) is 5.91 Å². The Morgan fingerprint density at radius 2 is 2.32 bits per heavy atom. The molecule has 0 spiro atoms. The van der Waals surface area contributed by atoms with Crippen LogP contribution in [0.1, 0.15) is 6.92 Å². The molecular formula is C13H17F2N3O. The zero-order valence-corrected chi connectivity index (χ0v) is 10.7. The van der Waals surface area contributed by atoms with Crippen LogP contribution >= 0.6 is 0 Å². The van der Waals surface area contributed by atoms with Gasteiger partial charge in [-0.25, -0.2) is 8.78 Å². The van der Waals surface area contributed by atoms with Gasteiger partial charge in [0.05, 0.1) is 12.2 Å². The Bertz CT molecular complexity index is 467. The molecule has 1 aromatic rings. The number of amides is 1. The third-order valence-electron chi connectivity index (χ3n) is 3.19. The molecule has 19 heavy (non-hydrogen) atoms. The number of anilines is 1. The first-order valence-electron chi connectivity index (χ1n) is 6.26. The summed E-state index contributed by atoms with van der Waals surface area (Å²) in [6.45, 7) is 4.68. The van der Waals surface area contributed by atoms with Crippen LogP contribution in [0.25, 0.3) is 0 Å². The van der Waals surface area contributed by atoms with Crippen molar-refractivity contribution in [2.75, 3.05) is 31.5 Å². The summed E-state index contributed by atoms with van der Waals surface area (Å²) in [5.41, 5.74) is 0.00851. The summed E-state index contributed by atoms with van der Waals surface area (Å²) in [5, 5.41) is 5.69. The van der Waals surface area contributed by atoms with Crippen LogP contribution in [0.15, 0.2) is 18.2 Å². The van der Waals surface area contributed by atoms with E-state index < -0.39 is 11.6 Å². The van der Waals surface area contributed by atoms with Gasteiger partial charge in [-0.2, -0.15) is 0 Å². The molecule has 4 nitrogen and oxygen atoms in total. The van der Waals surface area contributed by atoms with Crippen molar-refractivity contribution in [2.45, 2.75) is 13.0 Å². The third-order valence-corrected chi connectivity index (χ3v) is 3.19. The average Bonchev–Trinajstić information content (AvgIpc) is 2.36. The Labute approximate surface area is 110 Å². The molecule has 1 aliphatic heterocycles. The standard InChI is InChI=1S/C13H17F2N3O/c1-9-7-16-4-5-18(9)8-13(19)17-12-3-2-10(14)6-11(12)15/h2-3,6,9,16H,4-5,7-8H2,1H3,(H,17,19)/t9-/m1/s1. The number of piperazine rings is 1. The van der Waals surface area contributed by atoms with Gasteiger partial charge in [-0.1, -0.05) is 0 Å². The summed E-state index contributed by atoms with van der Waals surface area (Å²) in [4.78, 5) is 13.9. The Hall–Kier alpha value is -1.53. The highest BCUT2D eigenvalue weighted by Gasteiger charge is 2.20. The van der Waals surface area contributed by atoms with Crippen LogP contribution in [0.2, 0.25) is 0 Å². The van der Waals surface area contributed by atoms with E-state index in [0.717, 1.165) is 31.8 Å². The second-order valence-electron chi connectivity index (χ2n) is 4.70. The molecule has 1 aliphatic rings.